The molecule has 0 radical (unpaired) electrons. The van der Waals surface area contributed by atoms with Crippen LogP contribution in [0.3, 0.4) is 0 Å². The van der Waals surface area contributed by atoms with Gasteiger partial charge in [0.2, 0.25) is 0 Å². The van der Waals surface area contributed by atoms with Crippen LogP contribution < -0.4 is 0 Å². The van der Waals surface area contributed by atoms with E-state index in [2.05, 4.69) is 52.0 Å². The predicted octanol–water partition coefficient (Wildman–Crippen LogP) is 5.99. The summed E-state index contributed by atoms with van der Waals surface area (Å²) in [7, 11) is 0. The Balaban J connectivity index is 2.42. The fraction of sp³-hybridized carbons (Fsp3) is 0.556. The highest BCUT2D eigenvalue weighted by atomic mass is 14.0. The van der Waals surface area contributed by atoms with Crippen molar-refractivity contribution in [2.75, 3.05) is 0 Å². The maximum Gasteiger partial charge on any atom is -0.0201 e. The van der Waals surface area contributed by atoms with Gasteiger partial charge in [-0.3, -0.25) is 0 Å². The van der Waals surface area contributed by atoms with Crippen molar-refractivity contribution in [1.29, 1.82) is 0 Å². The molecule has 0 fully saturated rings. The number of hydrogen-bond donors (Lipinski definition) is 0. The Hall–Kier alpha value is -1.04. The molecule has 0 N–H and O–H groups in total. The van der Waals surface area contributed by atoms with Crippen molar-refractivity contribution in [2.24, 2.45) is 0 Å². The van der Waals surface area contributed by atoms with E-state index < -0.39 is 0 Å². The molecule has 0 unspecified atom stereocenters. The maximum absolute atomic E-state index is 2.34. The van der Waals surface area contributed by atoms with E-state index in [0.717, 1.165) is 0 Å². The average molecular weight is 244 g/mol. The summed E-state index contributed by atoms with van der Waals surface area (Å²) in [5.74, 6) is 0. The molecule has 0 aromatic heterocycles. The van der Waals surface area contributed by atoms with Gasteiger partial charge in [0, 0.05) is 0 Å². The molecule has 0 spiro atoms. The van der Waals surface area contributed by atoms with Crippen LogP contribution in [-0.2, 0) is 0 Å². The van der Waals surface area contributed by atoms with Crippen LogP contribution in [0, 0.1) is 20.8 Å². The Bertz CT molecular complexity index is 362. The highest BCUT2D eigenvalue weighted by molar-refractivity contribution is 5.58. The van der Waals surface area contributed by atoms with E-state index in [4.69, 9.17) is 0 Å². The van der Waals surface area contributed by atoms with E-state index >= 15 is 0 Å². The molecular weight excluding hydrogens is 216 g/mol. The third-order valence-corrected chi connectivity index (χ3v) is 3.50. The molecule has 0 bridgehead atoms. The fourth-order valence-corrected chi connectivity index (χ4v) is 2.52. The molecule has 0 amide bonds. The van der Waals surface area contributed by atoms with E-state index in [-0.39, 0.29) is 0 Å². The highest BCUT2D eigenvalue weighted by Gasteiger charge is 1.99. The van der Waals surface area contributed by atoms with Crippen molar-refractivity contribution in [3.8, 4) is 0 Å². The fourth-order valence-electron chi connectivity index (χ4n) is 2.52. The molecule has 0 aliphatic carbocycles. The summed E-state index contributed by atoms with van der Waals surface area (Å²) in [5, 5.41) is 0. The van der Waals surface area contributed by atoms with Crippen LogP contribution in [0.25, 0.3) is 6.08 Å². The number of hydrogen-bond acceptors (Lipinski definition) is 0. The van der Waals surface area contributed by atoms with Crippen LogP contribution in [-0.4, -0.2) is 0 Å². The van der Waals surface area contributed by atoms with Gasteiger partial charge in [-0.2, -0.15) is 0 Å². The van der Waals surface area contributed by atoms with Gasteiger partial charge in [0.05, 0.1) is 0 Å². The Labute approximate surface area is 113 Å². The second-order valence-corrected chi connectivity index (χ2v) is 5.42. The number of unbranched alkanes of at least 4 members (excludes halogenated alkanes) is 5. The van der Waals surface area contributed by atoms with E-state index in [1.165, 1.54) is 60.8 Å². The lowest BCUT2D eigenvalue weighted by Crippen LogP contribution is -1.88. The van der Waals surface area contributed by atoms with Crippen LogP contribution in [0.4, 0.5) is 0 Å². The van der Waals surface area contributed by atoms with Gasteiger partial charge in [-0.05, 0) is 50.3 Å². The largest absolute Gasteiger partial charge is 0.0839 e. The minimum Gasteiger partial charge on any atom is -0.0839 e. The van der Waals surface area contributed by atoms with Gasteiger partial charge < -0.3 is 0 Å². The van der Waals surface area contributed by atoms with Gasteiger partial charge >= 0.3 is 0 Å². The first-order valence-corrected chi connectivity index (χ1v) is 7.39. The molecule has 18 heavy (non-hydrogen) atoms. The van der Waals surface area contributed by atoms with E-state index in [1.54, 1.807) is 0 Å². The minimum absolute atomic E-state index is 1.22. The molecule has 0 nitrogen and oxygen atoms in total. The first kappa shape index (κ1) is 15.0. The second kappa shape index (κ2) is 8.13. The summed E-state index contributed by atoms with van der Waals surface area (Å²) in [5.41, 5.74) is 5.57. The van der Waals surface area contributed by atoms with Gasteiger partial charge in [-0.1, -0.05) is 62.5 Å². The lowest BCUT2D eigenvalue weighted by atomic mass is 9.99. The second-order valence-electron chi connectivity index (χ2n) is 5.42. The van der Waals surface area contributed by atoms with Crippen LogP contribution >= 0.6 is 0 Å². The molecule has 100 valence electrons. The molecule has 1 rings (SSSR count). The van der Waals surface area contributed by atoms with Gasteiger partial charge in [0.1, 0.15) is 0 Å². The number of benzene rings is 1. The molecule has 0 heteroatoms. The monoisotopic (exact) mass is 244 g/mol. The summed E-state index contributed by atoms with van der Waals surface area (Å²) in [6.45, 7) is 8.85. The Morgan fingerprint density at radius 3 is 2.11 bits per heavy atom. The average Bonchev–Trinajstić information content (AvgIpc) is 2.30. The third kappa shape index (κ3) is 5.08. The summed E-state index contributed by atoms with van der Waals surface area (Å²) in [4.78, 5) is 0. The van der Waals surface area contributed by atoms with Gasteiger partial charge in [-0.15, -0.1) is 0 Å². The van der Waals surface area contributed by atoms with Crippen molar-refractivity contribution in [1.82, 2.24) is 0 Å². The Kier molecular flexibility index (Phi) is 6.78. The van der Waals surface area contributed by atoms with Crippen molar-refractivity contribution in [2.45, 2.75) is 66.2 Å². The Morgan fingerprint density at radius 2 is 1.50 bits per heavy atom. The predicted molar refractivity (Wildman–Crippen MR) is 83.1 cm³/mol. The summed E-state index contributed by atoms with van der Waals surface area (Å²) < 4.78 is 0. The van der Waals surface area contributed by atoms with Gasteiger partial charge in [0.15, 0.2) is 0 Å². The molecule has 0 saturated carbocycles. The molecule has 0 aliphatic heterocycles. The quantitative estimate of drug-likeness (QED) is 0.517. The molecule has 0 saturated heterocycles. The van der Waals surface area contributed by atoms with Gasteiger partial charge in [0.25, 0.3) is 0 Å². The van der Waals surface area contributed by atoms with E-state index in [0.29, 0.717) is 0 Å². The first-order valence-electron chi connectivity index (χ1n) is 7.39. The normalized spacial score (nSPS) is 11.3. The van der Waals surface area contributed by atoms with Crippen molar-refractivity contribution in [3.05, 3.63) is 40.5 Å². The van der Waals surface area contributed by atoms with Crippen LogP contribution in [0.2, 0.25) is 0 Å². The number of aryl methyl sites for hydroxylation is 3. The first-order chi connectivity index (χ1) is 8.65. The third-order valence-electron chi connectivity index (χ3n) is 3.50. The van der Waals surface area contributed by atoms with E-state index in [1.807, 2.05) is 0 Å². The molecular formula is C18H28. The van der Waals surface area contributed by atoms with E-state index in [9.17, 15) is 0 Å². The summed E-state index contributed by atoms with van der Waals surface area (Å²) in [6.07, 6.45) is 12.7. The summed E-state index contributed by atoms with van der Waals surface area (Å²) in [6, 6.07) is 4.54. The zero-order valence-electron chi connectivity index (χ0n) is 12.6. The lowest BCUT2D eigenvalue weighted by molar-refractivity contribution is 0.638. The molecule has 1 aromatic rings. The summed E-state index contributed by atoms with van der Waals surface area (Å²) >= 11 is 0. The zero-order valence-corrected chi connectivity index (χ0v) is 12.6. The van der Waals surface area contributed by atoms with Crippen molar-refractivity contribution < 1.29 is 0 Å². The molecule has 0 heterocycles. The minimum atomic E-state index is 1.22. The topological polar surface area (TPSA) is 0 Å². The highest BCUT2D eigenvalue weighted by Crippen LogP contribution is 2.18. The van der Waals surface area contributed by atoms with Crippen molar-refractivity contribution in [3.63, 3.8) is 0 Å². The molecule has 0 aliphatic rings. The maximum atomic E-state index is 2.34. The SMILES string of the molecule is CCCCCCC/C=C\c1c(C)cc(C)cc1C. The lowest BCUT2D eigenvalue weighted by Gasteiger charge is -2.07. The van der Waals surface area contributed by atoms with Crippen LogP contribution in [0.1, 0.15) is 67.7 Å². The molecule has 1 aromatic carbocycles. The van der Waals surface area contributed by atoms with Gasteiger partial charge in [-0.25, -0.2) is 0 Å². The Morgan fingerprint density at radius 1 is 0.889 bits per heavy atom. The smallest absolute Gasteiger partial charge is 0.0201 e. The van der Waals surface area contributed by atoms with Crippen LogP contribution in [0.5, 0.6) is 0 Å². The van der Waals surface area contributed by atoms with Crippen molar-refractivity contribution >= 4 is 6.08 Å². The number of rotatable bonds is 7. The van der Waals surface area contributed by atoms with Crippen LogP contribution in [0.15, 0.2) is 18.2 Å². The molecule has 0 atom stereocenters. The zero-order chi connectivity index (χ0) is 13.4. The number of allylic oxidation sites excluding steroid dienone is 1. The standard InChI is InChI=1S/C18H28/c1-5-6-7-8-9-10-11-12-18-16(3)13-15(2)14-17(18)4/h11-14H,5-10H2,1-4H3/b12-11-.